The molecule has 0 saturated heterocycles. The summed E-state index contributed by atoms with van der Waals surface area (Å²) in [5.41, 5.74) is 1.19. The summed E-state index contributed by atoms with van der Waals surface area (Å²) < 4.78 is 27.8. The molecule has 29 heavy (non-hydrogen) atoms. The molecule has 2 amide bonds. The van der Waals surface area contributed by atoms with Crippen molar-refractivity contribution in [2.24, 2.45) is 0 Å². The summed E-state index contributed by atoms with van der Waals surface area (Å²) in [5.74, 6) is -0.630. The predicted octanol–water partition coefficient (Wildman–Crippen LogP) is 2.33. The van der Waals surface area contributed by atoms with Crippen molar-refractivity contribution < 1.29 is 18.0 Å². The van der Waals surface area contributed by atoms with Gasteiger partial charge in [-0.15, -0.1) is 0 Å². The second-order valence-corrected chi connectivity index (χ2v) is 9.37. The first-order valence-corrected chi connectivity index (χ1v) is 11.5. The van der Waals surface area contributed by atoms with E-state index in [-0.39, 0.29) is 35.4 Å². The lowest BCUT2D eigenvalue weighted by molar-refractivity contribution is -0.121. The van der Waals surface area contributed by atoms with Gasteiger partial charge in [-0.05, 0) is 52.5 Å². The molecule has 1 aliphatic rings. The van der Waals surface area contributed by atoms with Crippen LogP contribution in [0.3, 0.4) is 0 Å². The second kappa shape index (κ2) is 9.51. The summed E-state index contributed by atoms with van der Waals surface area (Å²) in [5, 5.41) is 5.45. The summed E-state index contributed by atoms with van der Waals surface area (Å²) in [7, 11) is -3.65. The van der Waals surface area contributed by atoms with E-state index in [1.807, 2.05) is 30.3 Å². The third kappa shape index (κ3) is 6.38. The van der Waals surface area contributed by atoms with Crippen molar-refractivity contribution in [2.45, 2.75) is 36.7 Å². The zero-order chi connectivity index (χ0) is 20.9. The third-order valence-electron chi connectivity index (χ3n) is 4.36. The van der Waals surface area contributed by atoms with Gasteiger partial charge in [0.15, 0.2) is 0 Å². The van der Waals surface area contributed by atoms with E-state index in [9.17, 15) is 18.0 Å². The fourth-order valence-electron chi connectivity index (χ4n) is 2.60. The summed E-state index contributed by atoms with van der Waals surface area (Å²) in [6.45, 7) is 0.566. The van der Waals surface area contributed by atoms with Gasteiger partial charge in [-0.25, -0.2) is 13.1 Å². The number of nitrogens with one attached hydrogen (secondary N) is 3. The third-order valence-corrected chi connectivity index (χ3v) is 6.57. The maximum atomic E-state index is 12.5. The molecule has 1 aliphatic carbocycles. The summed E-state index contributed by atoms with van der Waals surface area (Å²) >= 11 is 3.28. The Balaban J connectivity index is 1.52. The standard InChI is InChI=1S/C20H22BrN3O4S/c21-18-9-8-16(29(27,28)24-15-6-7-15)12-17(18)20(26)22-11-10-19(25)23-13-14-4-2-1-3-5-14/h1-5,8-9,12,15,24H,6-7,10-11,13H2,(H,22,26)(H,23,25). The predicted molar refractivity (Wildman–Crippen MR) is 113 cm³/mol. The van der Waals surface area contributed by atoms with Crippen LogP contribution in [0.15, 0.2) is 57.9 Å². The normalized spacial score (nSPS) is 13.7. The minimum atomic E-state index is -3.65. The lowest BCUT2D eigenvalue weighted by Crippen LogP contribution is -2.31. The Kier molecular flexibility index (Phi) is 7.05. The first kappa shape index (κ1) is 21.5. The van der Waals surface area contributed by atoms with E-state index in [4.69, 9.17) is 0 Å². The van der Waals surface area contributed by atoms with Crippen molar-refractivity contribution in [1.29, 1.82) is 0 Å². The fraction of sp³-hybridized carbons (Fsp3) is 0.300. The van der Waals surface area contributed by atoms with E-state index in [1.165, 1.54) is 18.2 Å². The maximum Gasteiger partial charge on any atom is 0.252 e. The molecule has 3 N–H and O–H groups in total. The van der Waals surface area contributed by atoms with Gasteiger partial charge in [0.1, 0.15) is 0 Å². The topological polar surface area (TPSA) is 104 Å². The van der Waals surface area contributed by atoms with Gasteiger partial charge in [-0.2, -0.15) is 0 Å². The van der Waals surface area contributed by atoms with Crippen molar-refractivity contribution in [2.75, 3.05) is 6.54 Å². The Morgan fingerprint density at radius 1 is 1.03 bits per heavy atom. The monoisotopic (exact) mass is 479 g/mol. The molecular formula is C20H22BrN3O4S. The second-order valence-electron chi connectivity index (χ2n) is 6.81. The lowest BCUT2D eigenvalue weighted by Gasteiger charge is -2.10. The zero-order valence-corrected chi connectivity index (χ0v) is 18.1. The van der Waals surface area contributed by atoms with Gasteiger partial charge < -0.3 is 10.6 Å². The molecule has 0 aromatic heterocycles. The number of carbonyl (C=O) groups is 2. The highest BCUT2D eigenvalue weighted by molar-refractivity contribution is 9.10. The fourth-order valence-corrected chi connectivity index (χ4v) is 4.36. The van der Waals surface area contributed by atoms with Crippen LogP contribution in [0, 0.1) is 0 Å². The van der Waals surface area contributed by atoms with Crippen LogP contribution in [0.5, 0.6) is 0 Å². The number of rotatable bonds is 9. The van der Waals surface area contributed by atoms with Gasteiger partial charge >= 0.3 is 0 Å². The summed E-state index contributed by atoms with van der Waals surface area (Å²) in [4.78, 5) is 24.4. The van der Waals surface area contributed by atoms with Crippen LogP contribution >= 0.6 is 15.9 Å². The van der Waals surface area contributed by atoms with E-state index < -0.39 is 15.9 Å². The quantitative estimate of drug-likeness (QED) is 0.513. The number of halogens is 1. The van der Waals surface area contributed by atoms with Crippen molar-refractivity contribution in [3.05, 3.63) is 64.1 Å². The Morgan fingerprint density at radius 3 is 2.45 bits per heavy atom. The molecular weight excluding hydrogens is 458 g/mol. The molecule has 3 rings (SSSR count). The molecule has 2 aromatic rings. The highest BCUT2D eigenvalue weighted by atomic mass is 79.9. The maximum absolute atomic E-state index is 12.5. The Labute approximate surface area is 178 Å². The smallest absolute Gasteiger partial charge is 0.252 e. The average Bonchev–Trinajstić information content (AvgIpc) is 3.50. The number of amides is 2. The Morgan fingerprint density at radius 2 is 1.76 bits per heavy atom. The zero-order valence-electron chi connectivity index (χ0n) is 15.7. The van der Waals surface area contributed by atoms with E-state index in [1.54, 1.807) is 0 Å². The van der Waals surface area contributed by atoms with Crippen molar-refractivity contribution in [3.8, 4) is 0 Å². The molecule has 7 nitrogen and oxygen atoms in total. The first-order chi connectivity index (χ1) is 13.8. The van der Waals surface area contributed by atoms with Crippen LogP contribution in [0.25, 0.3) is 0 Å². The van der Waals surface area contributed by atoms with Gasteiger partial charge in [0.05, 0.1) is 10.5 Å². The number of hydrogen-bond acceptors (Lipinski definition) is 4. The molecule has 0 heterocycles. The highest BCUT2D eigenvalue weighted by Gasteiger charge is 2.28. The number of benzene rings is 2. The first-order valence-electron chi connectivity index (χ1n) is 9.26. The molecule has 0 unspecified atom stereocenters. The lowest BCUT2D eigenvalue weighted by atomic mass is 10.2. The van der Waals surface area contributed by atoms with Gasteiger partial charge in [-0.3, -0.25) is 9.59 Å². The van der Waals surface area contributed by atoms with Crippen molar-refractivity contribution in [3.63, 3.8) is 0 Å². The largest absolute Gasteiger partial charge is 0.352 e. The van der Waals surface area contributed by atoms with Gasteiger partial charge in [-0.1, -0.05) is 30.3 Å². The van der Waals surface area contributed by atoms with Crippen LogP contribution in [-0.2, 0) is 21.4 Å². The van der Waals surface area contributed by atoms with Crippen molar-refractivity contribution in [1.82, 2.24) is 15.4 Å². The van der Waals surface area contributed by atoms with Gasteiger partial charge in [0, 0.05) is 30.0 Å². The van der Waals surface area contributed by atoms with Crippen LogP contribution in [0.2, 0.25) is 0 Å². The van der Waals surface area contributed by atoms with Crippen LogP contribution in [0.4, 0.5) is 0 Å². The number of sulfonamides is 1. The Bertz CT molecular complexity index is 992. The minimum Gasteiger partial charge on any atom is -0.352 e. The Hall–Kier alpha value is -2.23. The van der Waals surface area contributed by atoms with Gasteiger partial charge in [0.2, 0.25) is 15.9 Å². The SMILES string of the molecule is O=C(CCNC(=O)c1cc(S(=O)(=O)NC2CC2)ccc1Br)NCc1ccccc1. The summed E-state index contributed by atoms with van der Waals surface area (Å²) in [6, 6.07) is 13.8. The van der Waals surface area contributed by atoms with Crippen molar-refractivity contribution >= 4 is 37.8 Å². The highest BCUT2D eigenvalue weighted by Crippen LogP contribution is 2.25. The molecule has 0 aliphatic heterocycles. The molecule has 1 saturated carbocycles. The molecule has 0 radical (unpaired) electrons. The van der Waals surface area contributed by atoms with Crippen LogP contribution < -0.4 is 15.4 Å². The number of hydrogen-bond donors (Lipinski definition) is 3. The molecule has 154 valence electrons. The van der Waals surface area contributed by atoms with Crippen LogP contribution in [-0.4, -0.2) is 32.8 Å². The molecule has 2 aromatic carbocycles. The van der Waals surface area contributed by atoms with Crippen LogP contribution in [0.1, 0.15) is 35.2 Å². The molecule has 0 spiro atoms. The molecule has 9 heteroatoms. The summed E-state index contributed by atoms with van der Waals surface area (Å²) in [6.07, 6.45) is 1.78. The van der Waals surface area contributed by atoms with E-state index in [0.29, 0.717) is 11.0 Å². The van der Waals surface area contributed by atoms with E-state index in [2.05, 4.69) is 31.3 Å². The molecule has 0 atom stereocenters. The number of carbonyl (C=O) groups excluding carboxylic acids is 2. The average molecular weight is 480 g/mol. The molecule has 0 bridgehead atoms. The molecule has 1 fully saturated rings. The van der Waals surface area contributed by atoms with Gasteiger partial charge in [0.25, 0.3) is 5.91 Å². The van der Waals surface area contributed by atoms with E-state index in [0.717, 1.165) is 18.4 Å². The van der Waals surface area contributed by atoms with E-state index >= 15 is 0 Å². The minimum absolute atomic E-state index is 0.0182.